The average Bonchev–Trinajstić information content (AvgIpc) is 3.04. The van der Waals surface area contributed by atoms with Gasteiger partial charge in [-0.1, -0.05) is 22.7 Å². The lowest BCUT2D eigenvalue weighted by Crippen LogP contribution is -2.31. The van der Waals surface area contributed by atoms with Gasteiger partial charge in [0, 0.05) is 18.2 Å². The Bertz CT molecular complexity index is 805. The molecule has 0 aliphatic carbocycles. The van der Waals surface area contributed by atoms with Crippen molar-refractivity contribution in [3.05, 3.63) is 33.6 Å². The van der Waals surface area contributed by atoms with Crippen molar-refractivity contribution in [2.75, 3.05) is 20.2 Å². The zero-order chi connectivity index (χ0) is 17.6. The van der Waals surface area contributed by atoms with Gasteiger partial charge < -0.3 is 4.74 Å². The van der Waals surface area contributed by atoms with Crippen LogP contribution in [0.1, 0.15) is 19.3 Å². The summed E-state index contributed by atoms with van der Waals surface area (Å²) < 4.78 is 40.8. The first-order valence-electron chi connectivity index (χ1n) is 7.38. The standard InChI is InChI=1S/C15H18NOS2.H2O4S/c1-17-13-7-5-12(6-8-13)14-11-18-15(19-14)16-9-3-2-4-10-16;1-5(2,3)4/h5-8,11H,2-4,9-10H2,1H3;(H2,1,2,3,4)/q+1;. The molecular weight excluding hydrogens is 370 g/mol. The van der Waals surface area contributed by atoms with E-state index in [0.717, 1.165) is 5.75 Å². The van der Waals surface area contributed by atoms with E-state index >= 15 is 0 Å². The van der Waals surface area contributed by atoms with Gasteiger partial charge in [0.05, 0.1) is 12.0 Å². The summed E-state index contributed by atoms with van der Waals surface area (Å²) in [7, 11) is -2.96. The van der Waals surface area contributed by atoms with E-state index in [0.29, 0.717) is 0 Å². The van der Waals surface area contributed by atoms with Crippen LogP contribution in [0.3, 0.4) is 0 Å². The SMILES string of the molecule is COc1ccc(-c2csc(=[N+]3CCCCC3)s2)cc1.O=S(=O)(O)O. The van der Waals surface area contributed by atoms with E-state index in [1.807, 2.05) is 34.8 Å². The molecule has 1 aliphatic heterocycles. The Morgan fingerprint density at radius 1 is 1.08 bits per heavy atom. The molecule has 3 rings (SSSR count). The number of piperidine rings is 1. The molecule has 0 atom stereocenters. The molecule has 2 N–H and O–H groups in total. The van der Waals surface area contributed by atoms with Crippen molar-refractivity contribution >= 4 is 33.1 Å². The second-order valence-corrected chi connectivity index (χ2v) is 8.23. The molecule has 0 bridgehead atoms. The molecule has 0 unspecified atom stereocenters. The quantitative estimate of drug-likeness (QED) is 0.608. The van der Waals surface area contributed by atoms with Gasteiger partial charge in [-0.05, 0) is 36.2 Å². The molecule has 1 aliphatic rings. The van der Waals surface area contributed by atoms with Crippen molar-refractivity contribution in [1.82, 2.24) is 4.58 Å². The Kier molecular flexibility index (Phi) is 6.93. The Labute approximate surface area is 149 Å². The van der Waals surface area contributed by atoms with Crippen LogP contribution in [0.5, 0.6) is 5.75 Å². The fourth-order valence-electron chi connectivity index (χ4n) is 2.34. The highest BCUT2D eigenvalue weighted by Gasteiger charge is 2.14. The summed E-state index contributed by atoms with van der Waals surface area (Å²) in [4.78, 5) is 1.35. The van der Waals surface area contributed by atoms with Crippen molar-refractivity contribution in [2.45, 2.75) is 19.3 Å². The van der Waals surface area contributed by atoms with E-state index in [9.17, 15) is 0 Å². The maximum absolute atomic E-state index is 8.74. The first kappa shape index (κ1) is 19.1. The van der Waals surface area contributed by atoms with Gasteiger partial charge >= 0.3 is 14.4 Å². The van der Waals surface area contributed by atoms with Crippen LogP contribution in [0.15, 0.2) is 29.6 Å². The minimum atomic E-state index is -4.67. The normalized spacial score (nSPS) is 14.7. The van der Waals surface area contributed by atoms with Crippen molar-refractivity contribution in [3.63, 3.8) is 0 Å². The lowest BCUT2D eigenvalue weighted by atomic mass is 10.2. The zero-order valence-electron chi connectivity index (χ0n) is 13.2. The predicted molar refractivity (Wildman–Crippen MR) is 97.2 cm³/mol. The number of methoxy groups -OCH3 is 1. The maximum Gasteiger partial charge on any atom is 0.394 e. The van der Waals surface area contributed by atoms with Crippen LogP contribution in [-0.2, 0) is 10.4 Å². The first-order chi connectivity index (χ1) is 11.4. The van der Waals surface area contributed by atoms with Crippen LogP contribution in [0.4, 0.5) is 0 Å². The molecule has 1 aromatic carbocycles. The second-order valence-electron chi connectivity index (χ2n) is 5.19. The Morgan fingerprint density at radius 2 is 1.67 bits per heavy atom. The average molecular weight is 391 g/mol. The molecule has 2 aromatic rings. The largest absolute Gasteiger partial charge is 0.497 e. The second kappa shape index (κ2) is 8.72. The summed E-state index contributed by atoms with van der Waals surface area (Å²) in [6.45, 7) is 2.44. The molecule has 24 heavy (non-hydrogen) atoms. The van der Waals surface area contributed by atoms with Gasteiger partial charge in [-0.2, -0.15) is 8.42 Å². The summed E-state index contributed by atoms with van der Waals surface area (Å²) in [6, 6.07) is 8.33. The number of hydrogen-bond acceptors (Lipinski definition) is 5. The lowest BCUT2D eigenvalue weighted by molar-refractivity contribution is 0.381. The van der Waals surface area contributed by atoms with Crippen molar-refractivity contribution in [3.8, 4) is 16.2 Å². The van der Waals surface area contributed by atoms with Gasteiger partial charge in [0.1, 0.15) is 18.8 Å². The third-order valence-corrected chi connectivity index (χ3v) is 5.96. The smallest absolute Gasteiger partial charge is 0.394 e. The fourth-order valence-corrected chi connectivity index (χ4v) is 4.72. The number of ether oxygens (including phenoxy) is 1. The van der Waals surface area contributed by atoms with E-state index in [1.54, 1.807) is 7.11 Å². The molecule has 1 saturated heterocycles. The van der Waals surface area contributed by atoms with Crippen molar-refractivity contribution in [2.24, 2.45) is 0 Å². The number of hydrogen-bond donors (Lipinski definition) is 2. The van der Waals surface area contributed by atoms with E-state index in [-0.39, 0.29) is 0 Å². The van der Waals surface area contributed by atoms with E-state index in [4.69, 9.17) is 22.3 Å². The lowest BCUT2D eigenvalue weighted by Gasteiger charge is -2.07. The van der Waals surface area contributed by atoms with Gasteiger partial charge in [-0.3, -0.25) is 9.11 Å². The Morgan fingerprint density at radius 3 is 2.21 bits per heavy atom. The van der Waals surface area contributed by atoms with Crippen LogP contribution in [0.25, 0.3) is 10.4 Å². The van der Waals surface area contributed by atoms with Gasteiger partial charge in [-0.15, -0.1) is 0 Å². The van der Waals surface area contributed by atoms with E-state index in [1.165, 1.54) is 46.8 Å². The molecule has 9 heteroatoms. The Balaban J connectivity index is 0.000000368. The summed E-state index contributed by atoms with van der Waals surface area (Å²) in [6.07, 6.45) is 4.06. The van der Waals surface area contributed by atoms with Crippen molar-refractivity contribution in [1.29, 1.82) is 0 Å². The van der Waals surface area contributed by atoms with Crippen LogP contribution in [0.2, 0.25) is 0 Å². The summed E-state index contributed by atoms with van der Waals surface area (Å²) in [5.41, 5.74) is 1.28. The zero-order valence-corrected chi connectivity index (χ0v) is 15.7. The molecular formula is C15H20NO5S3+. The van der Waals surface area contributed by atoms with Gasteiger partial charge in [0.25, 0.3) is 0 Å². The highest BCUT2D eigenvalue weighted by molar-refractivity contribution is 7.79. The topological polar surface area (TPSA) is 86.8 Å². The van der Waals surface area contributed by atoms with E-state index in [2.05, 4.69) is 22.1 Å². The molecule has 6 nitrogen and oxygen atoms in total. The number of nitrogens with zero attached hydrogens (tertiary/aromatic N) is 1. The van der Waals surface area contributed by atoms with Crippen LogP contribution in [-0.4, -0.2) is 37.7 Å². The molecule has 2 heterocycles. The molecule has 0 saturated carbocycles. The molecule has 132 valence electrons. The molecule has 0 amide bonds. The third kappa shape index (κ3) is 6.33. The first-order valence-corrected chi connectivity index (χ1v) is 10.5. The fraction of sp³-hybridized carbons (Fsp3) is 0.400. The minimum absolute atomic E-state index is 0.917. The monoisotopic (exact) mass is 390 g/mol. The summed E-state index contributed by atoms with van der Waals surface area (Å²) >= 11 is 3.78. The highest BCUT2D eigenvalue weighted by Crippen LogP contribution is 2.25. The van der Waals surface area contributed by atoms with Gasteiger partial charge in [0.2, 0.25) is 0 Å². The molecule has 1 aromatic heterocycles. The predicted octanol–water partition coefficient (Wildman–Crippen LogP) is 2.79. The highest BCUT2D eigenvalue weighted by atomic mass is 32.3. The summed E-state index contributed by atoms with van der Waals surface area (Å²) in [5, 5.41) is 2.27. The molecule has 0 radical (unpaired) electrons. The third-order valence-electron chi connectivity index (χ3n) is 3.45. The molecule has 1 fully saturated rings. The van der Waals surface area contributed by atoms with Gasteiger partial charge in [-0.25, -0.2) is 4.58 Å². The van der Waals surface area contributed by atoms with Gasteiger partial charge in [0.15, 0.2) is 0 Å². The summed E-state index contributed by atoms with van der Waals surface area (Å²) in [5.74, 6) is 0.917. The minimum Gasteiger partial charge on any atom is -0.497 e. The van der Waals surface area contributed by atoms with Crippen molar-refractivity contribution < 1.29 is 22.3 Å². The number of rotatable bonds is 2. The number of benzene rings is 1. The maximum atomic E-state index is 8.74. The van der Waals surface area contributed by atoms with Crippen LogP contribution < -0.4 is 13.3 Å². The molecule has 0 spiro atoms. The Hall–Kier alpha value is -1.26. The van der Waals surface area contributed by atoms with Crippen LogP contribution in [0, 0.1) is 0 Å². The van der Waals surface area contributed by atoms with E-state index < -0.39 is 10.4 Å². The van der Waals surface area contributed by atoms with Crippen LogP contribution >= 0.6 is 22.7 Å².